The van der Waals surface area contributed by atoms with E-state index in [2.05, 4.69) is 27.8 Å². The molecule has 2 rings (SSSR count). The van der Waals surface area contributed by atoms with Gasteiger partial charge in [-0.1, -0.05) is 13.3 Å². The number of H-pyrrole nitrogens is 1. The Labute approximate surface area is 112 Å². The zero-order chi connectivity index (χ0) is 13.7. The van der Waals surface area contributed by atoms with Gasteiger partial charge in [0.2, 0.25) is 5.91 Å². The Morgan fingerprint density at radius 1 is 1.53 bits per heavy atom. The number of amides is 2. The number of aromatic nitrogens is 2. The van der Waals surface area contributed by atoms with E-state index in [1.807, 2.05) is 0 Å². The van der Waals surface area contributed by atoms with Gasteiger partial charge in [-0.3, -0.25) is 14.7 Å². The van der Waals surface area contributed by atoms with Gasteiger partial charge in [0, 0.05) is 12.2 Å². The molecule has 19 heavy (non-hydrogen) atoms. The molecule has 1 aromatic rings. The Kier molecular flexibility index (Phi) is 4.54. The Morgan fingerprint density at radius 3 is 3.16 bits per heavy atom. The average molecular weight is 264 g/mol. The molecule has 0 saturated carbocycles. The molecule has 6 heteroatoms. The van der Waals surface area contributed by atoms with Crippen LogP contribution in [0.2, 0.25) is 0 Å². The molecule has 2 amide bonds. The number of aromatic amines is 1. The first-order chi connectivity index (χ1) is 9.20. The Hall–Kier alpha value is -1.85. The Morgan fingerprint density at radius 2 is 2.37 bits per heavy atom. The monoisotopic (exact) mass is 264 g/mol. The van der Waals surface area contributed by atoms with Crippen molar-refractivity contribution in [1.29, 1.82) is 0 Å². The van der Waals surface area contributed by atoms with E-state index in [0.717, 1.165) is 31.4 Å². The highest BCUT2D eigenvalue weighted by Crippen LogP contribution is 2.07. The van der Waals surface area contributed by atoms with Crippen LogP contribution in [-0.2, 0) is 11.2 Å². The van der Waals surface area contributed by atoms with Crippen LogP contribution in [0.3, 0.4) is 0 Å². The quantitative estimate of drug-likeness (QED) is 0.750. The molecule has 0 bridgehead atoms. The maximum atomic E-state index is 12.0. The van der Waals surface area contributed by atoms with Gasteiger partial charge in [-0.25, -0.2) is 0 Å². The van der Waals surface area contributed by atoms with Crippen molar-refractivity contribution in [2.75, 3.05) is 6.54 Å². The van der Waals surface area contributed by atoms with E-state index in [0.29, 0.717) is 18.7 Å². The zero-order valence-corrected chi connectivity index (χ0v) is 11.2. The van der Waals surface area contributed by atoms with Gasteiger partial charge in [-0.05, 0) is 31.7 Å². The van der Waals surface area contributed by atoms with Crippen molar-refractivity contribution in [3.05, 3.63) is 17.5 Å². The largest absolute Gasteiger partial charge is 0.354 e. The fourth-order valence-electron chi connectivity index (χ4n) is 2.18. The van der Waals surface area contributed by atoms with Crippen LogP contribution >= 0.6 is 0 Å². The van der Waals surface area contributed by atoms with Crippen molar-refractivity contribution in [2.45, 2.75) is 45.1 Å². The summed E-state index contributed by atoms with van der Waals surface area (Å²) in [6.07, 6.45) is 4.44. The predicted molar refractivity (Wildman–Crippen MR) is 70.7 cm³/mol. The van der Waals surface area contributed by atoms with Gasteiger partial charge in [-0.2, -0.15) is 5.10 Å². The molecule has 1 aliphatic rings. The SMILES string of the molecule is CCCc1cc(C(=O)NC2CCCCNC2=O)n[nH]1. The number of carbonyl (C=O) groups excluding carboxylic acids is 2. The number of hydrogen-bond donors (Lipinski definition) is 3. The van der Waals surface area contributed by atoms with Crippen LogP contribution in [0.15, 0.2) is 6.07 Å². The lowest BCUT2D eigenvalue weighted by atomic mass is 10.1. The van der Waals surface area contributed by atoms with Gasteiger partial charge in [-0.15, -0.1) is 0 Å². The minimum atomic E-state index is -0.443. The second-order valence-corrected chi connectivity index (χ2v) is 4.84. The van der Waals surface area contributed by atoms with E-state index in [4.69, 9.17) is 0 Å². The third kappa shape index (κ3) is 3.56. The van der Waals surface area contributed by atoms with Crippen LogP contribution < -0.4 is 10.6 Å². The van der Waals surface area contributed by atoms with Crippen molar-refractivity contribution in [2.24, 2.45) is 0 Å². The van der Waals surface area contributed by atoms with Crippen LogP contribution in [-0.4, -0.2) is 34.6 Å². The third-order valence-electron chi connectivity index (χ3n) is 3.22. The summed E-state index contributed by atoms with van der Waals surface area (Å²) >= 11 is 0. The summed E-state index contributed by atoms with van der Waals surface area (Å²) in [5.74, 6) is -0.393. The Bertz CT molecular complexity index is 455. The first-order valence-corrected chi connectivity index (χ1v) is 6.83. The number of nitrogens with zero attached hydrogens (tertiary/aromatic N) is 1. The number of nitrogens with one attached hydrogen (secondary N) is 3. The maximum Gasteiger partial charge on any atom is 0.272 e. The molecule has 1 saturated heterocycles. The normalized spacial score (nSPS) is 19.6. The van der Waals surface area contributed by atoms with Gasteiger partial charge in [0.05, 0.1) is 0 Å². The van der Waals surface area contributed by atoms with Crippen molar-refractivity contribution >= 4 is 11.8 Å². The lowest BCUT2D eigenvalue weighted by Gasteiger charge is -2.13. The summed E-state index contributed by atoms with van der Waals surface area (Å²) in [6.45, 7) is 2.75. The van der Waals surface area contributed by atoms with E-state index in [1.165, 1.54) is 0 Å². The second kappa shape index (κ2) is 6.36. The average Bonchev–Trinajstić information content (AvgIpc) is 2.77. The van der Waals surface area contributed by atoms with Gasteiger partial charge in [0.25, 0.3) is 5.91 Å². The van der Waals surface area contributed by atoms with E-state index in [1.54, 1.807) is 6.07 Å². The fourth-order valence-corrected chi connectivity index (χ4v) is 2.18. The van der Waals surface area contributed by atoms with Crippen LogP contribution in [0.1, 0.15) is 48.8 Å². The number of aryl methyl sites for hydroxylation is 1. The first-order valence-electron chi connectivity index (χ1n) is 6.83. The van der Waals surface area contributed by atoms with E-state index in [-0.39, 0.29) is 11.8 Å². The molecule has 6 nitrogen and oxygen atoms in total. The summed E-state index contributed by atoms with van der Waals surface area (Å²) in [7, 11) is 0. The van der Waals surface area contributed by atoms with E-state index in [9.17, 15) is 9.59 Å². The fraction of sp³-hybridized carbons (Fsp3) is 0.615. The molecule has 1 atom stereocenters. The lowest BCUT2D eigenvalue weighted by Crippen LogP contribution is -2.45. The highest BCUT2D eigenvalue weighted by molar-refractivity contribution is 5.96. The van der Waals surface area contributed by atoms with Crippen LogP contribution in [0.25, 0.3) is 0 Å². The molecule has 2 heterocycles. The summed E-state index contributed by atoms with van der Waals surface area (Å²) in [6, 6.07) is 1.30. The maximum absolute atomic E-state index is 12.0. The van der Waals surface area contributed by atoms with Crippen molar-refractivity contribution < 1.29 is 9.59 Å². The minimum absolute atomic E-state index is 0.102. The predicted octanol–water partition coefficient (Wildman–Crippen LogP) is 0.761. The number of hydrogen-bond acceptors (Lipinski definition) is 3. The lowest BCUT2D eigenvalue weighted by molar-refractivity contribution is -0.122. The van der Waals surface area contributed by atoms with E-state index < -0.39 is 6.04 Å². The molecule has 0 aliphatic carbocycles. The molecule has 0 spiro atoms. The van der Waals surface area contributed by atoms with Crippen LogP contribution in [0.4, 0.5) is 0 Å². The standard InChI is InChI=1S/C13H20N4O2/c1-2-5-9-8-11(17-16-9)13(19)15-10-6-3-4-7-14-12(10)18/h8,10H,2-7H2,1H3,(H,14,18)(H,15,19)(H,16,17). The van der Waals surface area contributed by atoms with Crippen LogP contribution in [0, 0.1) is 0 Å². The van der Waals surface area contributed by atoms with Crippen molar-refractivity contribution in [3.63, 3.8) is 0 Å². The third-order valence-corrected chi connectivity index (χ3v) is 3.22. The molecule has 1 fully saturated rings. The topological polar surface area (TPSA) is 86.9 Å². The summed E-state index contributed by atoms with van der Waals surface area (Å²) in [5.41, 5.74) is 1.29. The molecule has 104 valence electrons. The van der Waals surface area contributed by atoms with Gasteiger partial charge < -0.3 is 10.6 Å². The van der Waals surface area contributed by atoms with Crippen LogP contribution in [0.5, 0.6) is 0 Å². The molecule has 3 N–H and O–H groups in total. The van der Waals surface area contributed by atoms with Gasteiger partial charge >= 0.3 is 0 Å². The molecule has 1 aliphatic heterocycles. The van der Waals surface area contributed by atoms with Crippen molar-refractivity contribution in [1.82, 2.24) is 20.8 Å². The smallest absolute Gasteiger partial charge is 0.272 e. The van der Waals surface area contributed by atoms with E-state index >= 15 is 0 Å². The first kappa shape index (κ1) is 13.6. The molecule has 1 aromatic heterocycles. The molecular formula is C13H20N4O2. The number of carbonyl (C=O) groups is 2. The van der Waals surface area contributed by atoms with Gasteiger partial charge in [0.15, 0.2) is 0 Å². The molecule has 0 radical (unpaired) electrons. The zero-order valence-electron chi connectivity index (χ0n) is 11.2. The summed E-state index contributed by atoms with van der Waals surface area (Å²) in [5, 5.41) is 12.4. The molecule has 1 unspecified atom stereocenters. The Balaban J connectivity index is 1.96. The number of rotatable bonds is 4. The highest BCUT2D eigenvalue weighted by Gasteiger charge is 2.23. The molecular weight excluding hydrogens is 244 g/mol. The summed E-state index contributed by atoms with van der Waals surface area (Å²) in [4.78, 5) is 23.7. The summed E-state index contributed by atoms with van der Waals surface area (Å²) < 4.78 is 0. The minimum Gasteiger partial charge on any atom is -0.354 e. The van der Waals surface area contributed by atoms with Gasteiger partial charge in [0.1, 0.15) is 11.7 Å². The van der Waals surface area contributed by atoms with Crippen molar-refractivity contribution in [3.8, 4) is 0 Å². The highest BCUT2D eigenvalue weighted by atomic mass is 16.2. The second-order valence-electron chi connectivity index (χ2n) is 4.84. The molecule has 0 aromatic carbocycles.